The number of rotatable bonds is 3. The van der Waals surface area contributed by atoms with Gasteiger partial charge >= 0.3 is 0 Å². The third kappa shape index (κ3) is 3.41. The molecule has 1 aliphatic heterocycles. The highest BCUT2D eigenvalue weighted by atomic mass is 35.5. The number of dihydropyridines is 1. The molecule has 0 fully saturated rings. The van der Waals surface area contributed by atoms with E-state index in [1.807, 2.05) is 54.6 Å². The SMILES string of the molecule is N#CC1=C(c2ccc(C(O)C3=CC=CC=CC3)cc2)CN=CC1Cl. The quantitative estimate of drug-likeness (QED) is 0.844. The number of hydrogen-bond acceptors (Lipinski definition) is 3. The molecule has 3 nitrogen and oxygen atoms in total. The minimum atomic E-state index is -0.638. The van der Waals surface area contributed by atoms with Gasteiger partial charge in [0.1, 0.15) is 11.5 Å². The number of nitrogens with zero attached hydrogens (tertiary/aromatic N) is 2. The first-order valence-electron chi connectivity index (χ1n) is 7.78. The zero-order chi connectivity index (χ0) is 16.9. The van der Waals surface area contributed by atoms with Gasteiger partial charge < -0.3 is 5.11 Å². The van der Waals surface area contributed by atoms with Crippen LogP contribution in [0.25, 0.3) is 5.57 Å². The van der Waals surface area contributed by atoms with Crippen LogP contribution in [0.15, 0.2) is 70.8 Å². The number of halogens is 1. The lowest BCUT2D eigenvalue weighted by Crippen LogP contribution is -2.13. The summed E-state index contributed by atoms with van der Waals surface area (Å²) in [6, 6.07) is 9.79. The number of allylic oxidation sites excluding steroid dienone is 6. The molecule has 1 aromatic rings. The topological polar surface area (TPSA) is 56.4 Å². The van der Waals surface area contributed by atoms with Crippen molar-refractivity contribution in [3.8, 4) is 6.07 Å². The number of alkyl halides is 1. The monoisotopic (exact) mass is 336 g/mol. The Morgan fingerprint density at radius 1 is 1.21 bits per heavy atom. The standard InChI is InChI=1S/C20H17ClN2O/c21-19-13-23-12-18(17(19)11-22)14-7-9-16(10-8-14)20(24)15-5-3-1-2-4-6-15/h1-5,7-10,13,19-20,24H,6,12H2. The van der Waals surface area contributed by atoms with Crippen LogP contribution >= 0.6 is 11.6 Å². The largest absolute Gasteiger partial charge is 0.384 e. The van der Waals surface area contributed by atoms with E-state index < -0.39 is 11.5 Å². The number of aliphatic hydroxyl groups excluding tert-OH is 1. The van der Waals surface area contributed by atoms with Crippen molar-refractivity contribution in [2.45, 2.75) is 17.9 Å². The van der Waals surface area contributed by atoms with Crippen LogP contribution in [0.2, 0.25) is 0 Å². The molecule has 3 rings (SSSR count). The van der Waals surface area contributed by atoms with Gasteiger partial charge in [-0.1, -0.05) is 54.6 Å². The van der Waals surface area contributed by atoms with Gasteiger partial charge in [0.05, 0.1) is 18.2 Å². The molecule has 1 aromatic carbocycles. The molecule has 0 saturated carbocycles. The first-order chi connectivity index (χ1) is 11.7. The molecule has 0 bridgehead atoms. The smallest absolute Gasteiger partial charge is 0.103 e. The van der Waals surface area contributed by atoms with E-state index in [0.717, 1.165) is 28.7 Å². The second-order valence-electron chi connectivity index (χ2n) is 5.68. The van der Waals surface area contributed by atoms with Gasteiger partial charge in [-0.2, -0.15) is 5.26 Å². The molecule has 1 heterocycles. The Hall–Kier alpha value is -2.41. The Kier molecular flexibility index (Phi) is 5.10. The van der Waals surface area contributed by atoms with Crippen LogP contribution in [-0.2, 0) is 0 Å². The Morgan fingerprint density at radius 3 is 2.75 bits per heavy atom. The zero-order valence-corrected chi connectivity index (χ0v) is 13.8. The van der Waals surface area contributed by atoms with E-state index in [1.165, 1.54) is 0 Å². The van der Waals surface area contributed by atoms with E-state index in [2.05, 4.69) is 11.1 Å². The Morgan fingerprint density at radius 2 is 2.00 bits per heavy atom. The highest BCUT2D eigenvalue weighted by Crippen LogP contribution is 2.29. The lowest BCUT2D eigenvalue weighted by Gasteiger charge is -2.17. The van der Waals surface area contributed by atoms with E-state index >= 15 is 0 Å². The molecule has 0 spiro atoms. The minimum absolute atomic E-state index is 0.453. The first-order valence-corrected chi connectivity index (χ1v) is 8.22. The number of hydrogen-bond donors (Lipinski definition) is 1. The van der Waals surface area contributed by atoms with E-state index in [-0.39, 0.29) is 0 Å². The zero-order valence-electron chi connectivity index (χ0n) is 13.1. The van der Waals surface area contributed by atoms with Crippen molar-refractivity contribution in [1.29, 1.82) is 5.26 Å². The Balaban J connectivity index is 1.86. The van der Waals surface area contributed by atoms with Crippen LogP contribution in [0.5, 0.6) is 0 Å². The fraction of sp³-hybridized carbons (Fsp3) is 0.200. The molecule has 1 aliphatic carbocycles. The molecule has 1 N–H and O–H groups in total. The predicted molar refractivity (Wildman–Crippen MR) is 97.9 cm³/mol. The van der Waals surface area contributed by atoms with Gasteiger partial charge in [0.25, 0.3) is 0 Å². The second-order valence-corrected chi connectivity index (χ2v) is 6.15. The highest BCUT2D eigenvalue weighted by Gasteiger charge is 2.20. The summed E-state index contributed by atoms with van der Waals surface area (Å²) in [5.74, 6) is 0. The van der Waals surface area contributed by atoms with Crippen molar-refractivity contribution in [3.05, 3.63) is 76.9 Å². The molecule has 0 amide bonds. The van der Waals surface area contributed by atoms with Crippen LogP contribution < -0.4 is 0 Å². The van der Waals surface area contributed by atoms with Crippen molar-refractivity contribution in [2.75, 3.05) is 6.54 Å². The van der Waals surface area contributed by atoms with Gasteiger partial charge in [-0.15, -0.1) is 11.6 Å². The van der Waals surface area contributed by atoms with Crippen molar-refractivity contribution in [3.63, 3.8) is 0 Å². The van der Waals surface area contributed by atoms with E-state index in [1.54, 1.807) is 6.21 Å². The fourth-order valence-electron chi connectivity index (χ4n) is 2.82. The minimum Gasteiger partial charge on any atom is -0.384 e. The lowest BCUT2D eigenvalue weighted by molar-refractivity contribution is 0.213. The molecular weight excluding hydrogens is 320 g/mol. The summed E-state index contributed by atoms with van der Waals surface area (Å²) in [5.41, 5.74) is 4.09. The summed E-state index contributed by atoms with van der Waals surface area (Å²) in [5, 5.41) is 19.4. The maximum absolute atomic E-state index is 10.6. The average molecular weight is 337 g/mol. The second kappa shape index (κ2) is 7.44. The van der Waals surface area contributed by atoms with Crippen molar-refractivity contribution >= 4 is 23.4 Å². The molecule has 0 saturated heterocycles. The van der Waals surface area contributed by atoms with E-state index in [9.17, 15) is 10.4 Å². The van der Waals surface area contributed by atoms with Crippen molar-refractivity contribution < 1.29 is 5.11 Å². The van der Waals surface area contributed by atoms with E-state index in [4.69, 9.17) is 11.6 Å². The Bertz CT molecular complexity index is 807. The van der Waals surface area contributed by atoms with Gasteiger partial charge in [0.2, 0.25) is 0 Å². The summed E-state index contributed by atoms with van der Waals surface area (Å²) >= 11 is 6.14. The van der Waals surface area contributed by atoms with Gasteiger partial charge in [0.15, 0.2) is 0 Å². The number of aliphatic hydroxyl groups is 1. The van der Waals surface area contributed by atoms with Crippen molar-refractivity contribution in [1.82, 2.24) is 0 Å². The van der Waals surface area contributed by atoms with Gasteiger partial charge in [-0.3, -0.25) is 4.99 Å². The third-order valence-corrected chi connectivity index (χ3v) is 4.49. The molecule has 120 valence electrons. The number of nitriles is 1. The first kappa shape index (κ1) is 16.4. The molecule has 2 atom stereocenters. The van der Waals surface area contributed by atoms with Gasteiger partial charge in [-0.25, -0.2) is 0 Å². The Labute approximate surface area is 146 Å². The molecule has 4 heteroatoms. The maximum Gasteiger partial charge on any atom is 0.103 e. The number of aliphatic imine (C=N–C) groups is 1. The lowest BCUT2D eigenvalue weighted by atomic mass is 9.93. The summed E-state index contributed by atoms with van der Waals surface area (Å²) < 4.78 is 0. The molecule has 2 aliphatic rings. The van der Waals surface area contributed by atoms with Crippen molar-refractivity contribution in [2.24, 2.45) is 4.99 Å². The summed E-state index contributed by atoms with van der Waals surface area (Å²) in [4.78, 5) is 4.22. The third-order valence-electron chi connectivity index (χ3n) is 4.16. The molecule has 0 aromatic heterocycles. The molecule has 0 radical (unpaired) electrons. The van der Waals surface area contributed by atoms with Crippen LogP contribution in [0.3, 0.4) is 0 Å². The summed E-state index contributed by atoms with van der Waals surface area (Å²) in [6.07, 6.45) is 11.5. The molecular formula is C20H17ClN2O. The van der Waals surface area contributed by atoms with Gasteiger partial charge in [-0.05, 0) is 28.7 Å². The summed E-state index contributed by atoms with van der Waals surface area (Å²) in [6.45, 7) is 0.453. The average Bonchev–Trinajstić information content (AvgIpc) is 2.90. The molecule has 24 heavy (non-hydrogen) atoms. The van der Waals surface area contributed by atoms with Gasteiger partial charge in [0, 0.05) is 6.21 Å². The predicted octanol–water partition coefficient (Wildman–Crippen LogP) is 4.13. The van der Waals surface area contributed by atoms with Crippen LogP contribution in [0.1, 0.15) is 23.7 Å². The normalized spacial score (nSPS) is 21.2. The van der Waals surface area contributed by atoms with Crippen LogP contribution in [0.4, 0.5) is 0 Å². The highest BCUT2D eigenvalue weighted by molar-refractivity contribution is 6.31. The van der Waals surface area contributed by atoms with Crippen LogP contribution in [0, 0.1) is 11.3 Å². The van der Waals surface area contributed by atoms with Crippen LogP contribution in [-0.4, -0.2) is 23.2 Å². The number of benzene rings is 1. The molecule has 2 unspecified atom stereocenters. The summed E-state index contributed by atoms with van der Waals surface area (Å²) in [7, 11) is 0. The maximum atomic E-state index is 10.6. The van der Waals surface area contributed by atoms with E-state index in [0.29, 0.717) is 12.1 Å². The fourth-order valence-corrected chi connectivity index (χ4v) is 3.08.